The molecule has 3 aromatic rings. The number of hydrogen-bond acceptors (Lipinski definition) is 1. The van der Waals surface area contributed by atoms with E-state index in [0.717, 1.165) is 16.5 Å². The van der Waals surface area contributed by atoms with Crippen molar-refractivity contribution in [1.29, 1.82) is 0 Å². The van der Waals surface area contributed by atoms with Crippen molar-refractivity contribution in [2.24, 2.45) is 7.05 Å². The van der Waals surface area contributed by atoms with E-state index in [0.29, 0.717) is 10.6 Å². The van der Waals surface area contributed by atoms with Gasteiger partial charge in [-0.25, -0.2) is 0 Å². The first-order chi connectivity index (χ1) is 9.16. The number of halogens is 2. The maximum absolute atomic E-state index is 12.4. The van der Waals surface area contributed by atoms with E-state index < -0.39 is 0 Å². The van der Waals surface area contributed by atoms with Crippen LogP contribution in [0.2, 0.25) is 5.02 Å². The molecule has 0 aliphatic heterocycles. The van der Waals surface area contributed by atoms with Gasteiger partial charge in [-0.15, -0.1) is 12.4 Å². The van der Waals surface area contributed by atoms with Crippen LogP contribution in [-0.2, 0) is 7.05 Å². The molecule has 0 spiro atoms. The summed E-state index contributed by atoms with van der Waals surface area (Å²) in [6.07, 6.45) is 0. The topological polar surface area (TPSA) is 22.0 Å². The van der Waals surface area contributed by atoms with Crippen LogP contribution in [0.1, 0.15) is 0 Å². The fourth-order valence-corrected chi connectivity index (χ4v) is 2.48. The normalized spacial score (nSPS) is 10.3. The van der Waals surface area contributed by atoms with Crippen molar-refractivity contribution in [3.63, 3.8) is 0 Å². The van der Waals surface area contributed by atoms with Crippen molar-refractivity contribution in [3.05, 3.63) is 70.0 Å². The Hall–Kier alpha value is -1.77. The predicted octanol–water partition coefficient (Wildman–Crippen LogP) is 4.28. The molecule has 2 nitrogen and oxygen atoms in total. The summed E-state index contributed by atoms with van der Waals surface area (Å²) in [5, 5.41) is 1.67. The lowest BCUT2D eigenvalue weighted by molar-refractivity contribution is 0.909. The molecule has 1 aromatic heterocycles. The van der Waals surface area contributed by atoms with E-state index in [-0.39, 0.29) is 18.0 Å². The molecule has 2 aromatic carbocycles. The summed E-state index contributed by atoms with van der Waals surface area (Å²) in [5.74, 6) is 0. The third-order valence-electron chi connectivity index (χ3n) is 3.27. The lowest BCUT2D eigenvalue weighted by Crippen LogP contribution is -2.18. The lowest BCUT2D eigenvalue weighted by Gasteiger charge is -2.09. The van der Waals surface area contributed by atoms with Gasteiger partial charge in [0.05, 0.1) is 5.52 Å². The number of aryl methyl sites for hydroxylation is 1. The van der Waals surface area contributed by atoms with Gasteiger partial charge in [0.1, 0.15) is 0 Å². The first-order valence-electron chi connectivity index (χ1n) is 6.01. The molecule has 0 unspecified atom stereocenters. The van der Waals surface area contributed by atoms with Crippen LogP contribution in [0.4, 0.5) is 0 Å². The van der Waals surface area contributed by atoms with Crippen LogP contribution >= 0.6 is 24.0 Å². The Labute approximate surface area is 128 Å². The van der Waals surface area contributed by atoms with Crippen molar-refractivity contribution in [2.45, 2.75) is 0 Å². The highest BCUT2D eigenvalue weighted by Crippen LogP contribution is 2.23. The molecule has 3 rings (SSSR count). The largest absolute Gasteiger partial charge is 0.311 e. The van der Waals surface area contributed by atoms with Gasteiger partial charge in [0.2, 0.25) is 0 Å². The number of rotatable bonds is 1. The zero-order valence-corrected chi connectivity index (χ0v) is 12.4. The first-order valence-corrected chi connectivity index (χ1v) is 6.39. The third-order valence-corrected chi connectivity index (χ3v) is 3.50. The van der Waals surface area contributed by atoms with Crippen molar-refractivity contribution in [2.75, 3.05) is 0 Å². The molecule has 0 saturated carbocycles. The monoisotopic (exact) mass is 305 g/mol. The van der Waals surface area contributed by atoms with Crippen LogP contribution in [0, 0.1) is 0 Å². The highest BCUT2D eigenvalue weighted by molar-refractivity contribution is 6.30. The molecule has 1 heterocycles. The zero-order valence-electron chi connectivity index (χ0n) is 10.8. The Morgan fingerprint density at radius 3 is 2.50 bits per heavy atom. The average molecular weight is 306 g/mol. The maximum atomic E-state index is 12.4. The summed E-state index contributed by atoms with van der Waals surface area (Å²) >= 11 is 6.00. The Balaban J connectivity index is 0.00000147. The minimum atomic E-state index is -0.0130. The van der Waals surface area contributed by atoms with E-state index in [1.807, 2.05) is 48.5 Å². The van der Waals surface area contributed by atoms with Gasteiger partial charge in [0.15, 0.2) is 0 Å². The Morgan fingerprint density at radius 2 is 1.75 bits per heavy atom. The number of hydrogen-bond donors (Lipinski definition) is 0. The second-order valence-corrected chi connectivity index (χ2v) is 4.93. The molecule has 0 radical (unpaired) electrons. The predicted molar refractivity (Wildman–Crippen MR) is 86.9 cm³/mol. The van der Waals surface area contributed by atoms with Crippen molar-refractivity contribution < 1.29 is 0 Å². The number of pyridine rings is 1. The quantitative estimate of drug-likeness (QED) is 0.657. The van der Waals surface area contributed by atoms with E-state index >= 15 is 0 Å². The summed E-state index contributed by atoms with van der Waals surface area (Å²) in [6, 6.07) is 17.1. The van der Waals surface area contributed by atoms with Crippen molar-refractivity contribution >= 4 is 34.9 Å². The number of para-hydroxylation sites is 1. The molecule has 0 saturated heterocycles. The Bertz CT molecular complexity index is 824. The molecule has 0 amide bonds. The fraction of sp³-hybridized carbons (Fsp3) is 0.0625. The van der Waals surface area contributed by atoms with Gasteiger partial charge in [0, 0.05) is 17.6 Å². The molecular formula is C16H13Cl2NO. The molecule has 4 heteroatoms. The highest BCUT2D eigenvalue weighted by atomic mass is 35.5. The summed E-state index contributed by atoms with van der Waals surface area (Å²) < 4.78 is 1.67. The van der Waals surface area contributed by atoms with Gasteiger partial charge in [-0.05, 0) is 35.2 Å². The smallest absolute Gasteiger partial charge is 0.258 e. The van der Waals surface area contributed by atoms with Gasteiger partial charge < -0.3 is 4.57 Å². The van der Waals surface area contributed by atoms with E-state index in [9.17, 15) is 4.79 Å². The van der Waals surface area contributed by atoms with Gasteiger partial charge in [-0.2, -0.15) is 0 Å². The Morgan fingerprint density at radius 1 is 1.00 bits per heavy atom. The van der Waals surface area contributed by atoms with Crippen LogP contribution in [0.15, 0.2) is 59.4 Å². The van der Waals surface area contributed by atoms with Crippen LogP contribution in [0.25, 0.3) is 22.0 Å². The first kappa shape index (κ1) is 14.6. The van der Waals surface area contributed by atoms with E-state index in [1.54, 1.807) is 17.7 Å². The number of aromatic nitrogens is 1. The molecule has 0 bridgehead atoms. The molecule has 0 aliphatic carbocycles. The van der Waals surface area contributed by atoms with Gasteiger partial charge in [-0.1, -0.05) is 41.9 Å². The zero-order chi connectivity index (χ0) is 13.4. The standard InChI is InChI=1S/C16H12ClNO.ClH/c1-18-15-8-3-2-5-12(15)10-14(16(18)19)11-6-4-7-13(17)9-11;/h2-10H,1H3;1H. The van der Waals surface area contributed by atoms with Gasteiger partial charge >= 0.3 is 0 Å². The van der Waals surface area contributed by atoms with Gasteiger partial charge in [0.25, 0.3) is 5.56 Å². The van der Waals surface area contributed by atoms with Gasteiger partial charge in [-0.3, -0.25) is 4.79 Å². The van der Waals surface area contributed by atoms with Crippen molar-refractivity contribution in [1.82, 2.24) is 4.57 Å². The highest BCUT2D eigenvalue weighted by Gasteiger charge is 2.08. The minimum Gasteiger partial charge on any atom is -0.311 e. The molecule has 102 valence electrons. The second-order valence-electron chi connectivity index (χ2n) is 4.49. The summed E-state index contributed by atoms with van der Waals surface area (Å²) in [5.41, 5.74) is 2.43. The molecule has 0 fully saturated rings. The summed E-state index contributed by atoms with van der Waals surface area (Å²) in [4.78, 5) is 12.4. The molecule has 0 atom stereocenters. The van der Waals surface area contributed by atoms with E-state index in [1.165, 1.54) is 0 Å². The fourth-order valence-electron chi connectivity index (χ4n) is 2.29. The van der Waals surface area contributed by atoms with Crippen LogP contribution in [0.5, 0.6) is 0 Å². The Kier molecular flexibility index (Phi) is 4.17. The minimum absolute atomic E-state index is 0. The van der Waals surface area contributed by atoms with Crippen LogP contribution in [0.3, 0.4) is 0 Å². The van der Waals surface area contributed by atoms with E-state index in [2.05, 4.69) is 0 Å². The lowest BCUT2D eigenvalue weighted by atomic mass is 10.0. The maximum Gasteiger partial charge on any atom is 0.258 e. The van der Waals surface area contributed by atoms with Crippen molar-refractivity contribution in [3.8, 4) is 11.1 Å². The SMILES string of the molecule is Cl.Cn1c(=O)c(-c2cccc(Cl)c2)cc2ccccc21. The molecule has 0 aliphatic rings. The van der Waals surface area contributed by atoms with Crippen LogP contribution in [-0.4, -0.2) is 4.57 Å². The molecule has 20 heavy (non-hydrogen) atoms. The van der Waals surface area contributed by atoms with Crippen LogP contribution < -0.4 is 5.56 Å². The summed E-state index contributed by atoms with van der Waals surface area (Å²) in [6.45, 7) is 0. The van der Waals surface area contributed by atoms with E-state index in [4.69, 9.17) is 11.6 Å². The summed E-state index contributed by atoms with van der Waals surface area (Å²) in [7, 11) is 1.79. The average Bonchev–Trinajstić information content (AvgIpc) is 2.43. The number of nitrogens with zero attached hydrogens (tertiary/aromatic N) is 1. The number of benzene rings is 2. The second kappa shape index (κ2) is 5.70. The third kappa shape index (κ3) is 2.45. The molecule has 0 N–H and O–H groups in total. The number of fused-ring (bicyclic) bond motifs is 1. The molecular weight excluding hydrogens is 293 g/mol.